The fourth-order valence-electron chi connectivity index (χ4n) is 4.76. The Morgan fingerprint density at radius 1 is 1.23 bits per heavy atom. The minimum Gasteiger partial charge on any atom is -0.393 e. The van der Waals surface area contributed by atoms with E-state index in [4.69, 9.17) is 4.74 Å². The standard InChI is InChI=1S/C28H28F5N3O3/c1-16-4-5-21(35-26(38)19-8-20(14-34-13-19)28(31,32)33)11-22(16)18-9-24(29)23-12-27(30,15-37)17(2)36(6-7-39-3)25(23)10-18/h4-5,8-11,13-14,17,37H,6-7,12,15H2,1-3H3,(H,35,38)/t17?,27-/m1/s1. The highest BCUT2D eigenvalue weighted by molar-refractivity contribution is 6.04. The Morgan fingerprint density at radius 3 is 2.64 bits per heavy atom. The van der Waals surface area contributed by atoms with Gasteiger partial charge in [-0.25, -0.2) is 8.78 Å². The highest BCUT2D eigenvalue weighted by Gasteiger charge is 2.45. The van der Waals surface area contributed by atoms with E-state index in [1.165, 1.54) is 13.2 Å². The lowest BCUT2D eigenvalue weighted by Crippen LogP contribution is -2.56. The first-order valence-electron chi connectivity index (χ1n) is 12.2. The van der Waals surface area contributed by atoms with Crippen molar-refractivity contribution in [3.63, 3.8) is 0 Å². The highest BCUT2D eigenvalue weighted by atomic mass is 19.4. The van der Waals surface area contributed by atoms with Gasteiger partial charge in [0.1, 0.15) is 5.82 Å². The molecule has 1 unspecified atom stereocenters. The minimum absolute atomic E-state index is 0.142. The molecule has 0 bridgehead atoms. The van der Waals surface area contributed by atoms with Gasteiger partial charge in [-0.05, 0) is 60.9 Å². The third kappa shape index (κ3) is 5.74. The summed E-state index contributed by atoms with van der Waals surface area (Å²) in [5.41, 5.74) is -0.686. The molecule has 1 aliphatic heterocycles. The number of aliphatic hydroxyl groups is 1. The van der Waals surface area contributed by atoms with Crippen LogP contribution >= 0.6 is 0 Å². The van der Waals surface area contributed by atoms with E-state index in [1.54, 1.807) is 43.0 Å². The number of methoxy groups -OCH3 is 1. The SMILES string of the molecule is COCCN1c2cc(-c3cc(NC(=O)c4cncc(C(F)(F)F)c4)ccc3C)cc(F)c2C[C@@](F)(CO)C1C. The van der Waals surface area contributed by atoms with Crippen molar-refractivity contribution in [1.29, 1.82) is 0 Å². The number of halogens is 5. The maximum Gasteiger partial charge on any atom is 0.417 e. The molecule has 0 saturated heterocycles. The number of aliphatic hydroxyl groups excluding tert-OH is 1. The highest BCUT2D eigenvalue weighted by Crippen LogP contribution is 2.42. The number of pyridine rings is 1. The topological polar surface area (TPSA) is 74.7 Å². The number of hydrogen-bond acceptors (Lipinski definition) is 5. The van der Waals surface area contributed by atoms with E-state index in [-0.39, 0.29) is 36.4 Å². The quantitative estimate of drug-likeness (QED) is 0.378. The normalized spacial score (nSPS) is 19.1. The molecule has 1 aromatic heterocycles. The van der Waals surface area contributed by atoms with Gasteiger partial charge in [0.25, 0.3) is 5.91 Å². The number of carbonyl (C=O) groups is 1. The van der Waals surface area contributed by atoms with Crippen LogP contribution in [0.2, 0.25) is 0 Å². The van der Waals surface area contributed by atoms with Gasteiger partial charge in [-0.15, -0.1) is 0 Å². The molecule has 4 rings (SSSR count). The van der Waals surface area contributed by atoms with Crippen molar-refractivity contribution in [2.75, 3.05) is 37.1 Å². The van der Waals surface area contributed by atoms with Crippen molar-refractivity contribution in [1.82, 2.24) is 4.98 Å². The van der Waals surface area contributed by atoms with Crippen LogP contribution in [0.3, 0.4) is 0 Å². The number of nitrogens with one attached hydrogen (secondary N) is 1. The maximum absolute atomic E-state index is 15.5. The molecular formula is C28H28F5N3O3. The number of alkyl halides is 4. The Balaban J connectivity index is 1.70. The third-order valence-corrected chi connectivity index (χ3v) is 7.10. The Labute approximate surface area is 222 Å². The Kier molecular flexibility index (Phi) is 7.94. The molecule has 0 saturated carbocycles. The van der Waals surface area contributed by atoms with Crippen LogP contribution in [0, 0.1) is 12.7 Å². The van der Waals surface area contributed by atoms with Crippen LogP contribution < -0.4 is 10.2 Å². The zero-order valence-corrected chi connectivity index (χ0v) is 21.6. The lowest BCUT2D eigenvalue weighted by atomic mass is 9.82. The number of carbonyl (C=O) groups excluding carboxylic acids is 1. The van der Waals surface area contributed by atoms with Gasteiger partial charge >= 0.3 is 6.18 Å². The smallest absolute Gasteiger partial charge is 0.393 e. The molecular weight excluding hydrogens is 521 g/mol. The number of amides is 1. The first kappa shape index (κ1) is 28.4. The predicted molar refractivity (Wildman–Crippen MR) is 137 cm³/mol. The predicted octanol–water partition coefficient (Wildman–Crippen LogP) is 5.57. The van der Waals surface area contributed by atoms with Crippen molar-refractivity contribution in [2.24, 2.45) is 0 Å². The van der Waals surface area contributed by atoms with E-state index in [1.807, 2.05) is 0 Å². The fraction of sp³-hybridized carbons (Fsp3) is 0.357. The van der Waals surface area contributed by atoms with Crippen molar-refractivity contribution < 1.29 is 36.6 Å². The lowest BCUT2D eigenvalue weighted by molar-refractivity contribution is -0.137. The molecule has 3 aromatic rings. The van der Waals surface area contributed by atoms with Crippen LogP contribution in [-0.4, -0.2) is 54.6 Å². The second kappa shape index (κ2) is 10.9. The summed E-state index contributed by atoms with van der Waals surface area (Å²) < 4.78 is 75.2. The molecule has 1 aliphatic rings. The second-order valence-electron chi connectivity index (χ2n) is 9.63. The molecule has 1 amide bonds. The summed E-state index contributed by atoms with van der Waals surface area (Å²) >= 11 is 0. The average Bonchev–Trinajstić information content (AvgIpc) is 2.90. The Bertz CT molecular complexity index is 1380. The number of hydrogen-bond donors (Lipinski definition) is 2. The molecule has 0 radical (unpaired) electrons. The Hall–Kier alpha value is -3.57. The minimum atomic E-state index is -4.65. The number of nitrogens with zero attached hydrogens (tertiary/aromatic N) is 2. The number of aromatic nitrogens is 1. The zero-order valence-electron chi connectivity index (χ0n) is 21.6. The lowest BCUT2D eigenvalue weighted by Gasteiger charge is -2.45. The number of fused-ring (bicyclic) bond motifs is 1. The summed E-state index contributed by atoms with van der Waals surface area (Å²) in [6.07, 6.45) is -3.28. The van der Waals surface area contributed by atoms with Crippen molar-refractivity contribution in [2.45, 2.75) is 38.2 Å². The third-order valence-electron chi connectivity index (χ3n) is 7.10. The van der Waals surface area contributed by atoms with Gasteiger partial charge in [0.05, 0.1) is 30.4 Å². The largest absolute Gasteiger partial charge is 0.417 e. The van der Waals surface area contributed by atoms with E-state index < -0.39 is 41.8 Å². The van der Waals surface area contributed by atoms with Gasteiger partial charge in [0, 0.05) is 49.4 Å². The molecule has 6 nitrogen and oxygen atoms in total. The number of anilines is 2. The number of aryl methyl sites for hydroxylation is 1. The first-order chi connectivity index (χ1) is 18.4. The van der Waals surface area contributed by atoms with Gasteiger partial charge < -0.3 is 20.1 Å². The first-order valence-corrected chi connectivity index (χ1v) is 12.2. The van der Waals surface area contributed by atoms with Gasteiger partial charge in [0.15, 0.2) is 5.67 Å². The van der Waals surface area contributed by atoms with Gasteiger partial charge in [-0.3, -0.25) is 9.78 Å². The van der Waals surface area contributed by atoms with Crippen LogP contribution in [0.15, 0.2) is 48.8 Å². The summed E-state index contributed by atoms with van der Waals surface area (Å²) in [7, 11) is 1.50. The van der Waals surface area contributed by atoms with Crippen molar-refractivity contribution in [3.8, 4) is 11.1 Å². The molecule has 0 aliphatic carbocycles. The average molecular weight is 550 g/mol. The molecule has 11 heteroatoms. The molecule has 2 heterocycles. The molecule has 2 atom stereocenters. The van der Waals surface area contributed by atoms with Crippen molar-refractivity contribution in [3.05, 3.63) is 76.9 Å². The number of rotatable bonds is 7. The maximum atomic E-state index is 15.5. The van der Waals surface area contributed by atoms with E-state index in [0.29, 0.717) is 29.1 Å². The van der Waals surface area contributed by atoms with Crippen LogP contribution in [0.4, 0.5) is 33.3 Å². The molecule has 208 valence electrons. The summed E-state index contributed by atoms with van der Waals surface area (Å²) in [4.78, 5) is 17.9. The van der Waals surface area contributed by atoms with Gasteiger partial charge in [-0.1, -0.05) is 6.07 Å². The second-order valence-corrected chi connectivity index (χ2v) is 9.63. The summed E-state index contributed by atoms with van der Waals surface area (Å²) in [6.45, 7) is 3.17. The van der Waals surface area contributed by atoms with Crippen LogP contribution in [0.1, 0.15) is 34.0 Å². The van der Waals surface area contributed by atoms with E-state index in [0.717, 1.165) is 11.8 Å². The van der Waals surface area contributed by atoms with Crippen LogP contribution in [0.25, 0.3) is 11.1 Å². The monoisotopic (exact) mass is 549 g/mol. The molecule has 39 heavy (non-hydrogen) atoms. The van der Waals surface area contributed by atoms with Crippen LogP contribution in [-0.2, 0) is 17.3 Å². The van der Waals surface area contributed by atoms with Gasteiger partial charge in [0.2, 0.25) is 0 Å². The molecule has 0 spiro atoms. The van der Waals surface area contributed by atoms with Gasteiger partial charge in [-0.2, -0.15) is 13.2 Å². The fourth-order valence-corrected chi connectivity index (χ4v) is 4.76. The summed E-state index contributed by atoms with van der Waals surface area (Å²) in [5, 5.41) is 12.3. The Morgan fingerprint density at radius 2 is 1.97 bits per heavy atom. The molecule has 0 fully saturated rings. The van der Waals surface area contributed by atoms with Crippen LogP contribution in [0.5, 0.6) is 0 Å². The molecule has 2 N–H and O–H groups in total. The number of ether oxygens (including phenoxy) is 1. The van der Waals surface area contributed by atoms with E-state index in [9.17, 15) is 23.1 Å². The van der Waals surface area contributed by atoms with Crippen molar-refractivity contribution >= 4 is 17.3 Å². The van der Waals surface area contributed by atoms with E-state index in [2.05, 4.69) is 10.3 Å². The molecule has 2 aromatic carbocycles. The number of benzene rings is 2. The summed E-state index contributed by atoms with van der Waals surface area (Å²) in [6, 6.07) is 7.82. The summed E-state index contributed by atoms with van der Waals surface area (Å²) in [5.74, 6) is -1.43. The van der Waals surface area contributed by atoms with E-state index >= 15 is 8.78 Å². The zero-order chi connectivity index (χ0) is 28.5.